The number of urea groups is 1. The van der Waals surface area contributed by atoms with E-state index in [2.05, 4.69) is 41.6 Å². The number of hydrogen-bond donors (Lipinski definition) is 2. The summed E-state index contributed by atoms with van der Waals surface area (Å²) in [5.41, 5.74) is 7.63. The number of halogens is 1. The van der Waals surface area contributed by atoms with Crippen LogP contribution in [-0.4, -0.2) is 55.5 Å². The van der Waals surface area contributed by atoms with Gasteiger partial charge in [0.05, 0.1) is 17.8 Å². The van der Waals surface area contributed by atoms with Gasteiger partial charge >= 0.3 is 6.03 Å². The van der Waals surface area contributed by atoms with Crippen LogP contribution in [0.2, 0.25) is 5.02 Å². The molecule has 1 aliphatic rings. The SMILES string of the molecule is CC(C)(C)C[C@H](N)C(=O)C1CCCCN1C(=O)NCc1cc(Cl)ccc1-n1cnnn1. The van der Waals surface area contributed by atoms with Crippen LogP contribution in [0.25, 0.3) is 5.69 Å². The van der Waals surface area contributed by atoms with Gasteiger partial charge in [-0.25, -0.2) is 9.48 Å². The third-order valence-electron chi connectivity index (χ3n) is 5.36. The second-order valence-electron chi connectivity index (χ2n) is 9.16. The molecule has 0 radical (unpaired) electrons. The van der Waals surface area contributed by atoms with E-state index in [0.29, 0.717) is 30.1 Å². The summed E-state index contributed by atoms with van der Waals surface area (Å²) in [6, 6.07) is 3.92. The molecule has 0 spiro atoms. The molecular formula is C21H30ClN7O2. The Bertz CT molecular complexity index is 911. The van der Waals surface area contributed by atoms with Crippen LogP contribution in [0.4, 0.5) is 4.79 Å². The van der Waals surface area contributed by atoms with Gasteiger partial charge in [-0.2, -0.15) is 0 Å². The van der Waals surface area contributed by atoms with Crippen molar-refractivity contribution in [1.82, 2.24) is 30.4 Å². The number of piperidine rings is 1. The van der Waals surface area contributed by atoms with Gasteiger partial charge in [-0.1, -0.05) is 32.4 Å². The van der Waals surface area contributed by atoms with Crippen LogP contribution in [0.1, 0.15) is 52.0 Å². The van der Waals surface area contributed by atoms with Crippen molar-refractivity contribution in [3.05, 3.63) is 35.1 Å². The van der Waals surface area contributed by atoms with Gasteiger partial charge < -0.3 is 16.0 Å². The number of Topliss-reactive ketones (excluding diaryl/α,β-unsaturated/α-hetero) is 1. The molecule has 0 aliphatic carbocycles. The van der Waals surface area contributed by atoms with Gasteiger partial charge in [0.2, 0.25) is 0 Å². The molecule has 1 aromatic heterocycles. The van der Waals surface area contributed by atoms with Gasteiger partial charge in [-0.15, -0.1) is 5.10 Å². The first kappa shape index (κ1) is 23.1. The molecular weight excluding hydrogens is 418 g/mol. The van der Waals surface area contributed by atoms with Crippen LogP contribution >= 0.6 is 11.6 Å². The lowest BCUT2D eigenvalue weighted by Crippen LogP contribution is -2.55. The molecule has 168 valence electrons. The summed E-state index contributed by atoms with van der Waals surface area (Å²) < 4.78 is 1.51. The third-order valence-corrected chi connectivity index (χ3v) is 5.59. The van der Waals surface area contributed by atoms with E-state index in [-0.39, 0.29) is 23.8 Å². The van der Waals surface area contributed by atoms with Crippen LogP contribution in [0.5, 0.6) is 0 Å². The molecule has 1 fully saturated rings. The first-order valence-corrected chi connectivity index (χ1v) is 10.9. The summed E-state index contributed by atoms with van der Waals surface area (Å²) in [7, 11) is 0. The minimum Gasteiger partial charge on any atom is -0.334 e. The molecule has 0 bridgehead atoms. The predicted molar refractivity (Wildman–Crippen MR) is 118 cm³/mol. The van der Waals surface area contributed by atoms with Gasteiger partial charge in [-0.05, 0) is 65.3 Å². The maximum atomic E-state index is 13.0. The lowest BCUT2D eigenvalue weighted by atomic mass is 9.84. The Morgan fingerprint density at radius 3 is 2.77 bits per heavy atom. The van der Waals surface area contributed by atoms with Crippen LogP contribution in [0, 0.1) is 5.41 Å². The number of rotatable bonds is 6. The number of nitrogens with two attached hydrogens (primary N) is 1. The fourth-order valence-electron chi connectivity index (χ4n) is 3.94. The summed E-state index contributed by atoms with van der Waals surface area (Å²) in [5, 5.41) is 14.7. The fraction of sp³-hybridized carbons (Fsp3) is 0.571. The number of carbonyl (C=O) groups excluding carboxylic acids is 2. The van der Waals surface area contributed by atoms with E-state index in [9.17, 15) is 9.59 Å². The molecule has 1 aliphatic heterocycles. The predicted octanol–water partition coefficient (Wildman–Crippen LogP) is 2.71. The summed E-state index contributed by atoms with van der Waals surface area (Å²) in [6.45, 7) is 6.91. The first-order chi connectivity index (χ1) is 14.7. The highest BCUT2D eigenvalue weighted by Crippen LogP contribution is 2.25. The van der Waals surface area contributed by atoms with Crippen molar-refractivity contribution in [2.24, 2.45) is 11.1 Å². The van der Waals surface area contributed by atoms with Crippen molar-refractivity contribution in [2.45, 2.75) is 65.1 Å². The van der Waals surface area contributed by atoms with Crippen LogP contribution in [0.15, 0.2) is 24.5 Å². The molecule has 9 nitrogen and oxygen atoms in total. The average molecular weight is 448 g/mol. The molecule has 2 heterocycles. The molecule has 1 aromatic carbocycles. The molecule has 10 heteroatoms. The van der Waals surface area contributed by atoms with E-state index in [1.54, 1.807) is 23.1 Å². The Morgan fingerprint density at radius 2 is 2.10 bits per heavy atom. The van der Waals surface area contributed by atoms with Gasteiger partial charge in [0.1, 0.15) is 6.33 Å². The Labute approximate surface area is 187 Å². The molecule has 3 rings (SSSR count). The molecule has 2 amide bonds. The van der Waals surface area contributed by atoms with Gasteiger partial charge in [0, 0.05) is 18.1 Å². The Hall–Kier alpha value is -2.52. The zero-order chi connectivity index (χ0) is 22.6. The average Bonchev–Trinajstić information content (AvgIpc) is 3.25. The number of likely N-dealkylation sites (tertiary alicyclic amines) is 1. The van der Waals surface area contributed by atoms with E-state index >= 15 is 0 Å². The Kier molecular flexibility index (Phi) is 7.27. The molecule has 1 unspecified atom stereocenters. The number of nitrogens with one attached hydrogen (secondary N) is 1. The molecule has 1 saturated heterocycles. The highest BCUT2D eigenvalue weighted by Gasteiger charge is 2.35. The largest absolute Gasteiger partial charge is 0.334 e. The molecule has 2 aromatic rings. The van der Waals surface area contributed by atoms with Crippen LogP contribution in [-0.2, 0) is 11.3 Å². The normalized spacial score (nSPS) is 18.0. The number of nitrogens with zero attached hydrogens (tertiary/aromatic N) is 5. The Balaban J connectivity index is 1.71. The van der Waals surface area contributed by atoms with Crippen molar-refractivity contribution < 1.29 is 9.59 Å². The van der Waals surface area contributed by atoms with Gasteiger partial charge in [0.15, 0.2) is 5.78 Å². The second kappa shape index (κ2) is 9.74. The first-order valence-electron chi connectivity index (χ1n) is 10.5. The number of amides is 2. The van der Waals surface area contributed by atoms with Crippen LogP contribution in [0.3, 0.4) is 0 Å². The number of benzene rings is 1. The van der Waals surface area contributed by atoms with Crippen LogP contribution < -0.4 is 11.1 Å². The van der Waals surface area contributed by atoms with E-state index in [4.69, 9.17) is 17.3 Å². The Morgan fingerprint density at radius 1 is 1.32 bits per heavy atom. The van der Waals surface area contributed by atoms with E-state index in [0.717, 1.165) is 18.4 Å². The van der Waals surface area contributed by atoms with Gasteiger partial charge in [-0.3, -0.25) is 4.79 Å². The summed E-state index contributed by atoms with van der Waals surface area (Å²) in [4.78, 5) is 27.7. The maximum absolute atomic E-state index is 13.0. The minimum absolute atomic E-state index is 0.0595. The van der Waals surface area contributed by atoms with Crippen molar-refractivity contribution >= 4 is 23.4 Å². The van der Waals surface area contributed by atoms with Gasteiger partial charge in [0.25, 0.3) is 0 Å². The van der Waals surface area contributed by atoms with Crippen molar-refractivity contribution in [1.29, 1.82) is 0 Å². The summed E-state index contributed by atoms with van der Waals surface area (Å²) in [6.07, 6.45) is 4.45. The lowest BCUT2D eigenvalue weighted by Gasteiger charge is -2.36. The summed E-state index contributed by atoms with van der Waals surface area (Å²) >= 11 is 6.15. The maximum Gasteiger partial charge on any atom is 0.318 e. The second-order valence-corrected chi connectivity index (χ2v) is 9.60. The quantitative estimate of drug-likeness (QED) is 0.702. The summed E-state index contributed by atoms with van der Waals surface area (Å²) in [5.74, 6) is -0.0677. The number of aromatic nitrogens is 4. The third kappa shape index (κ3) is 6.01. The molecule has 2 atom stereocenters. The minimum atomic E-state index is -0.585. The molecule has 0 saturated carbocycles. The number of carbonyl (C=O) groups is 2. The van der Waals surface area contributed by atoms with Crippen molar-refractivity contribution in [2.75, 3.05) is 6.54 Å². The zero-order valence-corrected chi connectivity index (χ0v) is 19.0. The van der Waals surface area contributed by atoms with Crippen molar-refractivity contribution in [3.8, 4) is 5.69 Å². The highest BCUT2D eigenvalue weighted by molar-refractivity contribution is 6.30. The van der Waals surface area contributed by atoms with E-state index in [1.165, 1.54) is 11.0 Å². The monoisotopic (exact) mass is 447 g/mol. The topological polar surface area (TPSA) is 119 Å². The smallest absolute Gasteiger partial charge is 0.318 e. The van der Waals surface area contributed by atoms with E-state index in [1.807, 2.05) is 0 Å². The standard InChI is InChI=1S/C21H30ClN7O2/c1-21(2,3)11-16(23)19(30)18-6-4-5-9-28(18)20(31)24-12-14-10-15(22)7-8-17(14)29-13-25-26-27-29/h7-8,10,13,16,18H,4-6,9,11-12,23H2,1-3H3,(H,24,31)/t16-,18?/m0/s1. The number of hydrogen-bond acceptors (Lipinski definition) is 6. The lowest BCUT2D eigenvalue weighted by molar-refractivity contribution is -0.126. The zero-order valence-electron chi connectivity index (χ0n) is 18.2. The highest BCUT2D eigenvalue weighted by atomic mass is 35.5. The number of tetrazole rings is 1. The molecule has 31 heavy (non-hydrogen) atoms. The molecule has 3 N–H and O–H groups in total. The van der Waals surface area contributed by atoms with Crippen molar-refractivity contribution in [3.63, 3.8) is 0 Å². The van der Waals surface area contributed by atoms with E-state index < -0.39 is 12.1 Å². The number of ketones is 1. The fourth-order valence-corrected chi connectivity index (χ4v) is 4.14.